The van der Waals surface area contributed by atoms with E-state index < -0.39 is 17.7 Å². The van der Waals surface area contributed by atoms with Gasteiger partial charge >= 0.3 is 12.1 Å². The van der Waals surface area contributed by atoms with Crippen molar-refractivity contribution in [2.45, 2.75) is 55.1 Å². The molecular formula is C24H37N3O5. The van der Waals surface area contributed by atoms with Crippen LogP contribution in [0, 0.1) is 13.8 Å². The number of nitrogens with two attached hydrogens (primary N) is 1. The fraction of sp³-hybridized carbons (Fsp3) is 0.375. The number of amides is 2. The summed E-state index contributed by atoms with van der Waals surface area (Å²) in [5, 5.41) is 13.9. The Bertz CT molecular complexity index is 934. The molecule has 8 nitrogen and oxygen atoms in total. The summed E-state index contributed by atoms with van der Waals surface area (Å²) in [6.07, 6.45) is -0.604. The fourth-order valence-corrected chi connectivity index (χ4v) is 2.23. The number of nitrogens with one attached hydrogen (secondary N) is 2. The van der Waals surface area contributed by atoms with Gasteiger partial charge in [0, 0.05) is 24.0 Å². The Hall–Kier alpha value is -3.55. The number of nitrogen functional groups attached to an aromatic ring is 1. The molecule has 5 N–H and O–H groups in total. The molecule has 0 aromatic heterocycles. The minimum Gasteiger partial charge on any atom is -0.478 e. The highest BCUT2D eigenvalue weighted by molar-refractivity contribution is 5.95. The molecule has 0 fully saturated rings. The number of aryl methyl sites for hydroxylation is 2. The summed E-state index contributed by atoms with van der Waals surface area (Å²) >= 11 is 0. The highest BCUT2D eigenvalue weighted by Gasteiger charge is 2.17. The molecule has 2 rings (SSSR count). The summed E-state index contributed by atoms with van der Waals surface area (Å²) in [5.74, 6) is -1.15. The van der Waals surface area contributed by atoms with E-state index in [-0.39, 0.29) is 26.3 Å². The van der Waals surface area contributed by atoms with Crippen LogP contribution in [0.1, 0.15) is 67.5 Å². The van der Waals surface area contributed by atoms with Gasteiger partial charge in [0.1, 0.15) is 5.60 Å². The Morgan fingerprint density at radius 3 is 1.94 bits per heavy atom. The van der Waals surface area contributed by atoms with Crippen molar-refractivity contribution < 1.29 is 24.2 Å². The first kappa shape index (κ1) is 30.6. The van der Waals surface area contributed by atoms with E-state index in [9.17, 15) is 14.4 Å². The lowest BCUT2D eigenvalue weighted by Gasteiger charge is -2.20. The van der Waals surface area contributed by atoms with Crippen LogP contribution < -0.4 is 16.4 Å². The Morgan fingerprint density at radius 1 is 0.938 bits per heavy atom. The second kappa shape index (κ2) is 13.0. The first-order valence-corrected chi connectivity index (χ1v) is 9.26. The fourth-order valence-electron chi connectivity index (χ4n) is 2.23. The molecule has 32 heavy (non-hydrogen) atoms. The lowest BCUT2D eigenvalue weighted by Crippen LogP contribution is -2.27. The number of carbonyl (C=O) groups is 3. The minimum absolute atomic E-state index is 0. The first-order chi connectivity index (χ1) is 13.8. The maximum absolute atomic E-state index is 11.6. The minimum atomic E-state index is -1.04. The number of hydrogen-bond donors (Lipinski definition) is 4. The Morgan fingerprint density at radius 2 is 1.47 bits per heavy atom. The van der Waals surface area contributed by atoms with Gasteiger partial charge in [-0.15, -0.1) is 0 Å². The molecular weight excluding hydrogens is 410 g/mol. The number of hydrogen-bond acceptors (Lipinski definition) is 5. The molecule has 0 aliphatic heterocycles. The average Bonchev–Trinajstić information content (AvgIpc) is 2.64. The van der Waals surface area contributed by atoms with E-state index in [0.29, 0.717) is 16.9 Å². The van der Waals surface area contributed by atoms with Gasteiger partial charge in [-0.1, -0.05) is 27.0 Å². The van der Waals surface area contributed by atoms with Crippen LogP contribution in [0.4, 0.5) is 16.2 Å². The molecule has 178 valence electrons. The topological polar surface area (TPSA) is 131 Å². The van der Waals surface area contributed by atoms with E-state index in [1.54, 1.807) is 52.9 Å². The van der Waals surface area contributed by atoms with E-state index in [4.69, 9.17) is 15.6 Å². The van der Waals surface area contributed by atoms with Gasteiger partial charge in [-0.3, -0.25) is 10.1 Å². The van der Waals surface area contributed by atoms with Crippen LogP contribution in [0.3, 0.4) is 0 Å². The third-order valence-electron chi connectivity index (χ3n) is 3.89. The Labute approximate surface area is 191 Å². The Balaban J connectivity index is 0. The molecule has 0 radical (unpaired) electrons. The van der Waals surface area contributed by atoms with Gasteiger partial charge in [-0.2, -0.15) is 0 Å². The van der Waals surface area contributed by atoms with Gasteiger partial charge in [-0.25, -0.2) is 9.59 Å². The molecule has 0 aliphatic rings. The van der Waals surface area contributed by atoms with Crippen LogP contribution >= 0.6 is 0 Å². The van der Waals surface area contributed by atoms with Gasteiger partial charge in [0.05, 0.1) is 5.56 Å². The number of benzene rings is 2. The largest absolute Gasteiger partial charge is 0.478 e. The summed E-state index contributed by atoms with van der Waals surface area (Å²) in [5.41, 5.74) is 8.59. The quantitative estimate of drug-likeness (QED) is 0.475. The molecule has 0 saturated carbocycles. The van der Waals surface area contributed by atoms with E-state index >= 15 is 0 Å². The number of carboxylic acid groups (broad SMARTS) is 1. The van der Waals surface area contributed by atoms with Gasteiger partial charge in [0.2, 0.25) is 0 Å². The summed E-state index contributed by atoms with van der Waals surface area (Å²) < 4.78 is 5.10. The number of anilines is 2. The highest BCUT2D eigenvalue weighted by atomic mass is 16.6. The normalized spacial score (nSPS) is 9.69. The molecule has 0 atom stereocenters. The zero-order chi connectivity index (χ0) is 23.1. The van der Waals surface area contributed by atoms with Gasteiger partial charge < -0.3 is 20.9 Å². The number of rotatable bonds is 3. The summed E-state index contributed by atoms with van der Waals surface area (Å²) in [6, 6.07) is 9.79. The molecule has 0 aliphatic carbocycles. The molecule has 0 unspecified atom stereocenters. The van der Waals surface area contributed by atoms with Crippen molar-refractivity contribution in [2.24, 2.45) is 0 Å². The first-order valence-electron chi connectivity index (χ1n) is 9.26. The van der Waals surface area contributed by atoms with Gasteiger partial charge in [0.25, 0.3) is 5.91 Å². The van der Waals surface area contributed by atoms with Crippen molar-refractivity contribution in [2.75, 3.05) is 18.1 Å². The van der Waals surface area contributed by atoms with E-state index in [0.717, 1.165) is 11.1 Å². The number of aromatic carboxylic acids is 1. The molecule has 0 spiro atoms. The SMILES string of the molecule is C.C.CNC(=O)c1ccc(C)c(N)c1.Cc1ccc(C(=O)O)cc1NC(=O)OC(C)(C)C. The third-order valence-corrected chi connectivity index (χ3v) is 3.89. The molecule has 0 bridgehead atoms. The van der Waals surface area contributed by atoms with Crippen LogP contribution in [0.5, 0.6) is 0 Å². The zero-order valence-electron chi connectivity index (χ0n) is 18.1. The van der Waals surface area contributed by atoms with Crippen molar-refractivity contribution in [1.82, 2.24) is 5.32 Å². The summed E-state index contributed by atoms with van der Waals surface area (Å²) in [6.45, 7) is 8.95. The highest BCUT2D eigenvalue weighted by Crippen LogP contribution is 2.18. The molecule has 2 aromatic carbocycles. The lowest BCUT2D eigenvalue weighted by molar-refractivity contribution is 0.0632. The van der Waals surface area contributed by atoms with Crippen molar-refractivity contribution in [3.63, 3.8) is 0 Å². The van der Waals surface area contributed by atoms with Gasteiger partial charge in [-0.05, 0) is 70.0 Å². The number of carbonyl (C=O) groups excluding carboxylic acids is 2. The van der Waals surface area contributed by atoms with E-state index in [1.807, 2.05) is 13.0 Å². The van der Waals surface area contributed by atoms with Crippen LogP contribution in [0.25, 0.3) is 0 Å². The third kappa shape index (κ3) is 9.97. The summed E-state index contributed by atoms with van der Waals surface area (Å²) in [7, 11) is 1.60. The standard InChI is InChI=1S/C13H17NO4.C9H12N2O.2CH4/c1-8-5-6-9(11(15)16)7-10(8)14-12(17)18-13(2,3)4;1-6-3-4-7(5-8(6)10)9(12)11-2;;/h5-7H,1-4H3,(H,14,17)(H,15,16);3-5H,10H2,1-2H3,(H,11,12);2*1H4. The molecule has 2 aromatic rings. The van der Waals surface area contributed by atoms with Crippen LogP contribution in [-0.2, 0) is 4.74 Å². The Kier molecular flexibility index (Phi) is 12.4. The number of ether oxygens (including phenoxy) is 1. The summed E-state index contributed by atoms with van der Waals surface area (Å²) in [4.78, 5) is 33.5. The van der Waals surface area contributed by atoms with E-state index in [2.05, 4.69) is 10.6 Å². The van der Waals surface area contributed by atoms with E-state index in [1.165, 1.54) is 12.1 Å². The average molecular weight is 448 g/mol. The predicted octanol–water partition coefficient (Wildman–Crippen LogP) is 5.25. The molecule has 2 amide bonds. The predicted molar refractivity (Wildman–Crippen MR) is 130 cm³/mol. The monoisotopic (exact) mass is 447 g/mol. The van der Waals surface area contributed by atoms with Crippen molar-refractivity contribution in [3.8, 4) is 0 Å². The van der Waals surface area contributed by atoms with Crippen LogP contribution in [-0.4, -0.2) is 35.7 Å². The maximum atomic E-state index is 11.6. The van der Waals surface area contributed by atoms with Crippen molar-refractivity contribution >= 4 is 29.3 Å². The molecule has 0 heterocycles. The lowest BCUT2D eigenvalue weighted by atomic mass is 10.1. The van der Waals surface area contributed by atoms with Crippen molar-refractivity contribution in [1.29, 1.82) is 0 Å². The van der Waals surface area contributed by atoms with Crippen molar-refractivity contribution in [3.05, 3.63) is 58.7 Å². The second-order valence-corrected chi connectivity index (χ2v) is 7.61. The molecule has 8 heteroatoms. The smallest absolute Gasteiger partial charge is 0.412 e. The zero-order valence-corrected chi connectivity index (χ0v) is 18.1. The van der Waals surface area contributed by atoms with Crippen LogP contribution in [0.15, 0.2) is 36.4 Å². The molecule has 0 saturated heterocycles. The maximum Gasteiger partial charge on any atom is 0.412 e. The second-order valence-electron chi connectivity index (χ2n) is 7.61. The van der Waals surface area contributed by atoms with Gasteiger partial charge in [0.15, 0.2) is 0 Å². The number of carboxylic acids is 1. The van der Waals surface area contributed by atoms with Crippen LogP contribution in [0.2, 0.25) is 0 Å².